The molecule has 4 rings (SSSR count). The lowest BCUT2D eigenvalue weighted by Crippen LogP contribution is -1.86. The number of aromatic nitrogens is 2. The summed E-state index contributed by atoms with van der Waals surface area (Å²) in [5.74, 6) is 0.596. The summed E-state index contributed by atoms with van der Waals surface area (Å²) >= 11 is 6.08. The third-order valence-electron chi connectivity index (χ3n) is 3.49. The van der Waals surface area contributed by atoms with Crippen molar-refractivity contribution in [3.8, 4) is 11.3 Å². The van der Waals surface area contributed by atoms with E-state index < -0.39 is 0 Å². The monoisotopic (exact) mass is 282 g/mol. The summed E-state index contributed by atoms with van der Waals surface area (Å²) < 4.78 is 7.79. The van der Waals surface area contributed by atoms with Gasteiger partial charge in [0.05, 0.1) is 16.9 Å². The Morgan fingerprint density at radius 1 is 1.10 bits per heavy atom. The molecular formula is C16H11ClN2O. The Balaban J connectivity index is 2.07. The summed E-state index contributed by atoms with van der Waals surface area (Å²) in [6, 6.07) is 15.7. The smallest absolute Gasteiger partial charge is 0.307 e. The molecule has 0 fully saturated rings. The van der Waals surface area contributed by atoms with Gasteiger partial charge in [-0.2, -0.15) is 4.98 Å². The van der Waals surface area contributed by atoms with Crippen molar-refractivity contribution in [1.29, 1.82) is 0 Å². The van der Waals surface area contributed by atoms with Crippen LogP contribution in [0.3, 0.4) is 0 Å². The number of rotatable bonds is 1. The lowest BCUT2D eigenvalue weighted by Gasteiger charge is -1.99. The van der Waals surface area contributed by atoms with Gasteiger partial charge in [-0.3, -0.25) is 4.40 Å². The standard InChI is InChI=1S/C16H11ClN2O/c1-10-15(11-5-3-2-4-6-11)18-16-19(10)13-9-12(17)7-8-14(13)20-16/h2-9H,1H3. The molecule has 0 aliphatic heterocycles. The first-order valence-electron chi connectivity index (χ1n) is 6.36. The minimum atomic E-state index is 0.596. The highest BCUT2D eigenvalue weighted by Crippen LogP contribution is 2.30. The van der Waals surface area contributed by atoms with Gasteiger partial charge in [0.15, 0.2) is 5.58 Å². The SMILES string of the molecule is Cc1c(-c2ccccc2)nc2oc3ccc(Cl)cc3n12. The van der Waals surface area contributed by atoms with Gasteiger partial charge in [0, 0.05) is 10.6 Å². The average Bonchev–Trinajstić information content (AvgIpc) is 2.97. The van der Waals surface area contributed by atoms with Gasteiger partial charge < -0.3 is 4.42 Å². The molecule has 0 atom stereocenters. The molecule has 0 amide bonds. The van der Waals surface area contributed by atoms with Crippen LogP contribution in [0.5, 0.6) is 0 Å². The minimum Gasteiger partial charge on any atom is -0.423 e. The highest BCUT2D eigenvalue weighted by Gasteiger charge is 2.16. The van der Waals surface area contributed by atoms with Crippen molar-refractivity contribution in [1.82, 2.24) is 9.38 Å². The molecular weight excluding hydrogens is 272 g/mol. The first-order valence-corrected chi connectivity index (χ1v) is 6.74. The van der Waals surface area contributed by atoms with Gasteiger partial charge in [0.1, 0.15) is 0 Å². The molecule has 0 N–H and O–H groups in total. The van der Waals surface area contributed by atoms with E-state index in [1.165, 1.54) is 0 Å². The predicted molar refractivity (Wildman–Crippen MR) is 80.1 cm³/mol. The average molecular weight is 283 g/mol. The van der Waals surface area contributed by atoms with Crippen LogP contribution in [0.4, 0.5) is 0 Å². The Morgan fingerprint density at radius 2 is 1.90 bits per heavy atom. The van der Waals surface area contributed by atoms with Crippen molar-refractivity contribution in [3.63, 3.8) is 0 Å². The van der Waals surface area contributed by atoms with E-state index in [-0.39, 0.29) is 0 Å². The van der Waals surface area contributed by atoms with E-state index in [0.29, 0.717) is 10.9 Å². The Morgan fingerprint density at radius 3 is 2.70 bits per heavy atom. The lowest BCUT2D eigenvalue weighted by molar-refractivity contribution is 0.641. The molecule has 0 spiro atoms. The number of benzene rings is 2. The van der Waals surface area contributed by atoms with E-state index in [9.17, 15) is 0 Å². The highest BCUT2D eigenvalue weighted by atomic mass is 35.5. The maximum absolute atomic E-state index is 6.08. The van der Waals surface area contributed by atoms with Crippen LogP contribution in [0.1, 0.15) is 5.69 Å². The molecule has 0 aliphatic rings. The number of fused-ring (bicyclic) bond motifs is 3. The first-order chi connectivity index (χ1) is 9.74. The van der Waals surface area contributed by atoms with Crippen LogP contribution in [0.25, 0.3) is 28.2 Å². The second-order valence-electron chi connectivity index (χ2n) is 4.74. The Labute approximate surface area is 120 Å². The van der Waals surface area contributed by atoms with Crippen LogP contribution in [-0.4, -0.2) is 9.38 Å². The van der Waals surface area contributed by atoms with E-state index in [1.54, 1.807) is 0 Å². The molecule has 4 heteroatoms. The maximum atomic E-state index is 6.08. The zero-order valence-electron chi connectivity index (χ0n) is 10.8. The van der Waals surface area contributed by atoms with Gasteiger partial charge in [-0.05, 0) is 25.1 Å². The Hall–Kier alpha value is -2.26. The van der Waals surface area contributed by atoms with Crippen molar-refractivity contribution < 1.29 is 4.42 Å². The summed E-state index contributed by atoms with van der Waals surface area (Å²) in [6.45, 7) is 2.04. The van der Waals surface area contributed by atoms with E-state index in [0.717, 1.165) is 28.1 Å². The quantitative estimate of drug-likeness (QED) is 0.506. The molecule has 4 aromatic rings. The molecule has 2 aromatic carbocycles. The van der Waals surface area contributed by atoms with Crippen molar-refractivity contribution in [3.05, 3.63) is 59.2 Å². The Bertz CT molecular complexity index is 922. The van der Waals surface area contributed by atoms with Crippen molar-refractivity contribution in [2.75, 3.05) is 0 Å². The molecule has 0 radical (unpaired) electrons. The maximum Gasteiger partial charge on any atom is 0.307 e. The molecule has 2 aromatic heterocycles. The summed E-state index contributed by atoms with van der Waals surface area (Å²) in [5, 5.41) is 0.689. The second kappa shape index (κ2) is 4.12. The molecule has 0 bridgehead atoms. The van der Waals surface area contributed by atoms with Gasteiger partial charge in [-0.1, -0.05) is 41.9 Å². The molecule has 0 saturated carbocycles. The van der Waals surface area contributed by atoms with Gasteiger partial charge in [-0.15, -0.1) is 0 Å². The molecule has 2 heterocycles. The molecule has 98 valence electrons. The van der Waals surface area contributed by atoms with Crippen LogP contribution in [0.2, 0.25) is 5.02 Å². The number of nitrogens with zero attached hydrogens (tertiary/aromatic N) is 2. The topological polar surface area (TPSA) is 30.4 Å². The van der Waals surface area contributed by atoms with Crippen LogP contribution in [-0.2, 0) is 0 Å². The molecule has 0 unspecified atom stereocenters. The number of halogens is 1. The molecule has 0 aliphatic carbocycles. The fourth-order valence-corrected chi connectivity index (χ4v) is 2.71. The minimum absolute atomic E-state index is 0.596. The Kier molecular flexibility index (Phi) is 2.38. The summed E-state index contributed by atoms with van der Waals surface area (Å²) in [4.78, 5) is 4.60. The highest BCUT2D eigenvalue weighted by molar-refractivity contribution is 6.31. The first kappa shape index (κ1) is 11.6. The van der Waals surface area contributed by atoms with Crippen LogP contribution in [0.15, 0.2) is 52.9 Å². The van der Waals surface area contributed by atoms with Crippen LogP contribution in [0, 0.1) is 6.92 Å². The van der Waals surface area contributed by atoms with E-state index in [2.05, 4.69) is 4.98 Å². The van der Waals surface area contributed by atoms with E-state index >= 15 is 0 Å². The van der Waals surface area contributed by atoms with E-state index in [4.69, 9.17) is 16.0 Å². The molecule has 3 nitrogen and oxygen atoms in total. The summed E-state index contributed by atoms with van der Waals surface area (Å²) in [6.07, 6.45) is 0. The fourth-order valence-electron chi connectivity index (χ4n) is 2.55. The number of aryl methyl sites for hydroxylation is 1. The van der Waals surface area contributed by atoms with Gasteiger partial charge >= 0.3 is 5.84 Å². The number of hydrogen-bond acceptors (Lipinski definition) is 2. The van der Waals surface area contributed by atoms with Crippen molar-refractivity contribution >= 4 is 28.5 Å². The normalized spacial score (nSPS) is 11.5. The predicted octanol–water partition coefficient (Wildman–Crippen LogP) is 4.71. The number of imidazole rings is 1. The van der Waals surface area contributed by atoms with Crippen molar-refractivity contribution in [2.45, 2.75) is 6.92 Å². The lowest BCUT2D eigenvalue weighted by atomic mass is 10.1. The molecule has 0 saturated heterocycles. The largest absolute Gasteiger partial charge is 0.423 e. The van der Waals surface area contributed by atoms with Crippen LogP contribution >= 0.6 is 11.6 Å². The third kappa shape index (κ3) is 1.57. The van der Waals surface area contributed by atoms with Gasteiger partial charge in [0.25, 0.3) is 0 Å². The van der Waals surface area contributed by atoms with Gasteiger partial charge in [-0.25, -0.2) is 0 Å². The zero-order chi connectivity index (χ0) is 13.7. The number of oxazole rings is 1. The zero-order valence-corrected chi connectivity index (χ0v) is 11.6. The summed E-state index contributed by atoms with van der Waals surface area (Å²) in [5.41, 5.74) is 4.80. The van der Waals surface area contributed by atoms with Crippen LogP contribution < -0.4 is 0 Å². The molecule has 20 heavy (non-hydrogen) atoms. The summed E-state index contributed by atoms with van der Waals surface area (Å²) in [7, 11) is 0. The second-order valence-corrected chi connectivity index (χ2v) is 5.18. The van der Waals surface area contributed by atoms with Crippen molar-refractivity contribution in [2.24, 2.45) is 0 Å². The third-order valence-corrected chi connectivity index (χ3v) is 3.72. The van der Waals surface area contributed by atoms with E-state index in [1.807, 2.05) is 59.9 Å². The number of hydrogen-bond donors (Lipinski definition) is 0. The fraction of sp³-hybridized carbons (Fsp3) is 0.0625. The van der Waals surface area contributed by atoms with Gasteiger partial charge in [0.2, 0.25) is 0 Å².